The summed E-state index contributed by atoms with van der Waals surface area (Å²) in [4.78, 5) is 0. The maximum absolute atomic E-state index is 3.74. The van der Waals surface area contributed by atoms with E-state index in [0.29, 0.717) is 6.04 Å². The topological polar surface area (TPSA) is 16.6 Å². The average Bonchev–Trinajstić information content (AvgIpc) is 2.01. The highest BCUT2D eigenvalue weighted by Crippen LogP contribution is 1.93. The highest BCUT2D eigenvalue weighted by atomic mass is 79.9. The van der Waals surface area contributed by atoms with Crippen molar-refractivity contribution in [1.29, 1.82) is 0 Å². The molecule has 0 saturated heterocycles. The second kappa shape index (κ2) is 10.9. The molecular weight excluding hydrogens is 214 g/mol. The second-order valence-electron chi connectivity index (χ2n) is 2.83. The zero-order valence-corrected chi connectivity index (χ0v) is 9.52. The van der Waals surface area contributed by atoms with E-state index >= 15 is 0 Å². The van der Waals surface area contributed by atoms with Crippen molar-refractivity contribution in [2.45, 2.75) is 32.2 Å². The van der Waals surface area contributed by atoms with Crippen molar-refractivity contribution in [1.82, 2.24) is 0 Å². The van der Waals surface area contributed by atoms with Crippen LogP contribution in [0.4, 0.5) is 0 Å². The van der Waals surface area contributed by atoms with Crippen molar-refractivity contribution in [3.8, 4) is 0 Å². The summed E-state index contributed by atoms with van der Waals surface area (Å²) < 4.78 is 0. The van der Waals surface area contributed by atoms with Gasteiger partial charge >= 0.3 is 0 Å². The number of hydrogen-bond donors (Lipinski definition) is 1. The largest absolute Gasteiger partial charge is 1.00 e. The third-order valence-electron chi connectivity index (χ3n) is 1.73. The molecule has 0 rings (SSSR count). The molecular formula is C10H20BrN. The van der Waals surface area contributed by atoms with Gasteiger partial charge in [0.15, 0.2) is 0 Å². The lowest BCUT2D eigenvalue weighted by Gasteiger charge is -2.10. The van der Waals surface area contributed by atoms with Crippen LogP contribution in [-0.2, 0) is 0 Å². The maximum atomic E-state index is 3.74. The first-order valence-corrected chi connectivity index (χ1v) is 4.40. The normalized spacial score (nSPS) is 9.17. The van der Waals surface area contributed by atoms with Gasteiger partial charge in [-0.1, -0.05) is 19.1 Å². The second-order valence-corrected chi connectivity index (χ2v) is 2.83. The minimum absolute atomic E-state index is 0. The standard InChI is InChI=1S/C10H19N.BrH/c1-4-7-10(8-5-2)11-9-6-3;/h4-5,10-11H,1-2,6-9H2,3H3;1H. The SMILES string of the molecule is C=CCC(CC=C)[NH2+]CCC.[Br-]. The number of nitrogens with two attached hydrogens (primary N) is 1. The lowest BCUT2D eigenvalue weighted by atomic mass is 10.1. The Morgan fingerprint density at radius 3 is 2.08 bits per heavy atom. The first-order valence-electron chi connectivity index (χ1n) is 4.40. The summed E-state index contributed by atoms with van der Waals surface area (Å²) >= 11 is 0. The average molecular weight is 234 g/mol. The van der Waals surface area contributed by atoms with Gasteiger partial charge in [0, 0.05) is 12.8 Å². The van der Waals surface area contributed by atoms with Gasteiger partial charge in [0.25, 0.3) is 0 Å². The minimum atomic E-state index is 0. The van der Waals surface area contributed by atoms with Crippen molar-refractivity contribution < 1.29 is 22.3 Å². The summed E-state index contributed by atoms with van der Waals surface area (Å²) in [5, 5.41) is 2.38. The first kappa shape index (κ1) is 14.4. The van der Waals surface area contributed by atoms with Gasteiger partial charge in [0.1, 0.15) is 0 Å². The molecule has 0 aromatic heterocycles. The third-order valence-corrected chi connectivity index (χ3v) is 1.73. The van der Waals surface area contributed by atoms with Crippen molar-refractivity contribution in [3.63, 3.8) is 0 Å². The van der Waals surface area contributed by atoms with E-state index in [2.05, 4.69) is 25.4 Å². The van der Waals surface area contributed by atoms with Crippen LogP contribution in [0.25, 0.3) is 0 Å². The molecule has 0 spiro atoms. The van der Waals surface area contributed by atoms with Crippen molar-refractivity contribution >= 4 is 0 Å². The smallest absolute Gasteiger partial charge is 0.0928 e. The molecule has 0 aromatic rings. The van der Waals surface area contributed by atoms with E-state index in [4.69, 9.17) is 0 Å². The molecule has 0 aromatic carbocycles. The van der Waals surface area contributed by atoms with Crippen LogP contribution in [0.3, 0.4) is 0 Å². The molecule has 0 unspecified atom stereocenters. The summed E-state index contributed by atoms with van der Waals surface area (Å²) in [5.41, 5.74) is 0. The minimum Gasteiger partial charge on any atom is -1.00 e. The highest BCUT2D eigenvalue weighted by molar-refractivity contribution is 4.78. The Kier molecular flexibility index (Phi) is 13.1. The predicted molar refractivity (Wildman–Crippen MR) is 50.5 cm³/mol. The first-order chi connectivity index (χ1) is 5.35. The van der Waals surface area contributed by atoms with Crippen LogP contribution in [0.15, 0.2) is 25.3 Å². The van der Waals surface area contributed by atoms with E-state index in [1.54, 1.807) is 0 Å². The molecule has 1 nitrogen and oxygen atoms in total. The quantitative estimate of drug-likeness (QED) is 0.515. The van der Waals surface area contributed by atoms with Gasteiger partial charge in [-0.2, -0.15) is 0 Å². The molecule has 0 heterocycles. The van der Waals surface area contributed by atoms with E-state index in [1.165, 1.54) is 13.0 Å². The summed E-state index contributed by atoms with van der Waals surface area (Å²) in [6.45, 7) is 10.9. The van der Waals surface area contributed by atoms with Gasteiger partial charge in [0.2, 0.25) is 0 Å². The number of hydrogen-bond acceptors (Lipinski definition) is 0. The van der Waals surface area contributed by atoms with Crippen molar-refractivity contribution in [2.75, 3.05) is 6.54 Å². The molecule has 0 fully saturated rings. The van der Waals surface area contributed by atoms with Gasteiger partial charge in [-0.3, -0.25) is 0 Å². The van der Waals surface area contributed by atoms with Gasteiger partial charge in [-0.05, 0) is 6.42 Å². The van der Waals surface area contributed by atoms with Crippen LogP contribution in [0, 0.1) is 0 Å². The van der Waals surface area contributed by atoms with E-state index in [-0.39, 0.29) is 17.0 Å². The molecule has 0 bridgehead atoms. The fraction of sp³-hybridized carbons (Fsp3) is 0.600. The lowest BCUT2D eigenvalue weighted by Crippen LogP contribution is -3.00. The fourth-order valence-electron chi connectivity index (χ4n) is 1.12. The van der Waals surface area contributed by atoms with Crippen molar-refractivity contribution in [2.24, 2.45) is 0 Å². The molecule has 0 aliphatic carbocycles. The molecule has 0 aliphatic heterocycles. The predicted octanol–water partition coefficient (Wildman–Crippen LogP) is -1.52. The Hall–Kier alpha value is -0.0800. The fourth-order valence-corrected chi connectivity index (χ4v) is 1.12. The molecule has 0 atom stereocenters. The number of quaternary nitrogens is 1. The zero-order valence-electron chi connectivity index (χ0n) is 7.93. The van der Waals surface area contributed by atoms with E-state index in [9.17, 15) is 0 Å². The molecule has 12 heavy (non-hydrogen) atoms. The molecule has 2 N–H and O–H groups in total. The van der Waals surface area contributed by atoms with Crippen LogP contribution in [0.5, 0.6) is 0 Å². The monoisotopic (exact) mass is 233 g/mol. The summed E-state index contributed by atoms with van der Waals surface area (Å²) in [5.74, 6) is 0. The van der Waals surface area contributed by atoms with E-state index < -0.39 is 0 Å². The Morgan fingerprint density at radius 1 is 1.25 bits per heavy atom. The van der Waals surface area contributed by atoms with Crippen LogP contribution >= 0.6 is 0 Å². The molecule has 0 radical (unpaired) electrons. The highest BCUT2D eigenvalue weighted by Gasteiger charge is 2.05. The summed E-state index contributed by atoms with van der Waals surface area (Å²) in [6, 6.07) is 0.671. The molecule has 72 valence electrons. The molecule has 0 amide bonds. The lowest BCUT2D eigenvalue weighted by molar-refractivity contribution is -0.688. The van der Waals surface area contributed by atoms with E-state index in [0.717, 1.165) is 12.8 Å². The van der Waals surface area contributed by atoms with Crippen LogP contribution < -0.4 is 22.3 Å². The van der Waals surface area contributed by atoms with Crippen LogP contribution in [0.1, 0.15) is 26.2 Å². The molecule has 0 saturated carbocycles. The maximum Gasteiger partial charge on any atom is 0.0928 e. The Balaban J connectivity index is 0. The molecule has 0 aliphatic rings. The van der Waals surface area contributed by atoms with Crippen molar-refractivity contribution in [3.05, 3.63) is 25.3 Å². The van der Waals surface area contributed by atoms with E-state index in [1.807, 2.05) is 12.2 Å². The Morgan fingerprint density at radius 2 is 1.75 bits per heavy atom. The van der Waals surface area contributed by atoms with Gasteiger partial charge in [0.05, 0.1) is 12.6 Å². The number of rotatable bonds is 7. The molecule has 2 heteroatoms. The van der Waals surface area contributed by atoms with Gasteiger partial charge < -0.3 is 22.3 Å². The van der Waals surface area contributed by atoms with Gasteiger partial charge in [-0.15, -0.1) is 13.2 Å². The zero-order chi connectivity index (χ0) is 8.53. The van der Waals surface area contributed by atoms with Crippen LogP contribution in [0.2, 0.25) is 0 Å². The van der Waals surface area contributed by atoms with Gasteiger partial charge in [-0.25, -0.2) is 0 Å². The number of halogens is 1. The van der Waals surface area contributed by atoms with Crippen LogP contribution in [-0.4, -0.2) is 12.6 Å². The summed E-state index contributed by atoms with van der Waals surface area (Å²) in [6.07, 6.45) is 7.39. The Labute approximate surface area is 86.7 Å². The Bertz CT molecular complexity index is 102. The summed E-state index contributed by atoms with van der Waals surface area (Å²) in [7, 11) is 0. The third kappa shape index (κ3) is 8.02.